The summed E-state index contributed by atoms with van der Waals surface area (Å²) in [4.78, 5) is 21.9. The van der Waals surface area contributed by atoms with Gasteiger partial charge < -0.3 is 10.6 Å². The van der Waals surface area contributed by atoms with Crippen LogP contribution in [-0.2, 0) is 16.1 Å². The largest absolute Gasteiger partial charge is 0.471 e. The van der Waals surface area contributed by atoms with E-state index < -0.39 is 18.0 Å². The highest BCUT2D eigenvalue weighted by atomic mass is 19.4. The molecule has 0 saturated heterocycles. The smallest absolute Gasteiger partial charge is 0.352 e. The van der Waals surface area contributed by atoms with Crippen molar-refractivity contribution < 1.29 is 22.8 Å². The number of nitrogens with one attached hydrogen (secondary N) is 2. The van der Waals surface area contributed by atoms with E-state index in [0.29, 0.717) is 6.54 Å². The summed E-state index contributed by atoms with van der Waals surface area (Å²) < 4.78 is 35.6. The minimum absolute atomic E-state index is 0.201. The lowest BCUT2D eigenvalue weighted by Gasteiger charge is -2.08. The summed E-state index contributed by atoms with van der Waals surface area (Å²) in [5, 5.41) is 4.19. The fraction of sp³-hybridized carbons (Fsp3) is 0.385. The zero-order valence-electron chi connectivity index (χ0n) is 10.9. The molecule has 0 aromatic heterocycles. The number of halogens is 3. The summed E-state index contributed by atoms with van der Waals surface area (Å²) >= 11 is 0. The topological polar surface area (TPSA) is 58.2 Å². The summed E-state index contributed by atoms with van der Waals surface area (Å²) in [6.07, 6.45) is -5.12. The number of benzene rings is 1. The van der Waals surface area contributed by atoms with Crippen LogP contribution in [0, 0.1) is 6.92 Å². The Kier molecular flexibility index (Phi) is 5.54. The van der Waals surface area contributed by atoms with Gasteiger partial charge in [0.25, 0.3) is 0 Å². The Balaban J connectivity index is 2.24. The van der Waals surface area contributed by atoms with E-state index in [0.717, 1.165) is 11.1 Å². The average molecular weight is 288 g/mol. The van der Waals surface area contributed by atoms with Crippen molar-refractivity contribution in [3.63, 3.8) is 0 Å². The van der Waals surface area contributed by atoms with Crippen LogP contribution in [0.2, 0.25) is 0 Å². The van der Waals surface area contributed by atoms with Gasteiger partial charge >= 0.3 is 12.1 Å². The molecule has 0 radical (unpaired) electrons. The lowest BCUT2D eigenvalue weighted by molar-refractivity contribution is -0.173. The number of carbonyl (C=O) groups excluding carboxylic acids is 2. The number of alkyl halides is 3. The van der Waals surface area contributed by atoms with Gasteiger partial charge in [0, 0.05) is 19.5 Å². The Bertz CT molecular complexity index is 469. The summed E-state index contributed by atoms with van der Waals surface area (Å²) in [7, 11) is 0. The zero-order chi connectivity index (χ0) is 15.2. The summed E-state index contributed by atoms with van der Waals surface area (Å²) in [5.41, 5.74) is 1.98. The van der Waals surface area contributed by atoms with E-state index in [-0.39, 0.29) is 13.0 Å². The molecule has 0 spiro atoms. The SMILES string of the molecule is Cc1ccc(CNC(=O)CCNC(=O)C(F)(F)F)cc1. The number of hydrogen-bond donors (Lipinski definition) is 2. The van der Waals surface area contributed by atoms with Gasteiger partial charge in [-0.1, -0.05) is 29.8 Å². The number of rotatable bonds is 5. The van der Waals surface area contributed by atoms with Crippen molar-refractivity contribution in [2.45, 2.75) is 26.1 Å². The van der Waals surface area contributed by atoms with Crippen molar-refractivity contribution in [3.8, 4) is 0 Å². The monoisotopic (exact) mass is 288 g/mol. The molecule has 0 unspecified atom stereocenters. The first-order valence-electron chi connectivity index (χ1n) is 5.96. The number of aryl methyl sites for hydroxylation is 1. The predicted molar refractivity (Wildman–Crippen MR) is 66.7 cm³/mol. The Morgan fingerprint density at radius 2 is 1.70 bits per heavy atom. The number of hydrogen-bond acceptors (Lipinski definition) is 2. The molecule has 0 atom stereocenters. The molecule has 0 saturated carbocycles. The third-order valence-corrected chi connectivity index (χ3v) is 2.51. The molecule has 2 amide bonds. The molecule has 0 aliphatic carbocycles. The predicted octanol–water partition coefficient (Wildman–Crippen LogP) is 1.68. The van der Waals surface area contributed by atoms with Crippen LogP contribution in [0.1, 0.15) is 17.5 Å². The molecule has 0 bridgehead atoms. The first-order chi connectivity index (χ1) is 9.29. The zero-order valence-corrected chi connectivity index (χ0v) is 10.9. The molecular formula is C13H15F3N2O2. The second-order valence-corrected chi connectivity index (χ2v) is 4.27. The number of amides is 2. The van der Waals surface area contributed by atoms with Crippen LogP contribution in [0.25, 0.3) is 0 Å². The van der Waals surface area contributed by atoms with Gasteiger partial charge in [-0.15, -0.1) is 0 Å². The van der Waals surface area contributed by atoms with E-state index in [1.165, 1.54) is 0 Å². The van der Waals surface area contributed by atoms with Crippen LogP contribution in [0.3, 0.4) is 0 Å². The molecule has 2 N–H and O–H groups in total. The number of carbonyl (C=O) groups is 2. The van der Waals surface area contributed by atoms with Gasteiger partial charge in [-0.3, -0.25) is 9.59 Å². The van der Waals surface area contributed by atoms with Crippen molar-refractivity contribution in [2.75, 3.05) is 6.54 Å². The lowest BCUT2D eigenvalue weighted by Crippen LogP contribution is -2.38. The molecule has 20 heavy (non-hydrogen) atoms. The molecule has 110 valence electrons. The average Bonchev–Trinajstić information content (AvgIpc) is 2.37. The van der Waals surface area contributed by atoms with E-state index >= 15 is 0 Å². The second kappa shape index (κ2) is 6.93. The van der Waals surface area contributed by atoms with E-state index in [1.54, 1.807) is 5.32 Å². The van der Waals surface area contributed by atoms with Crippen LogP contribution in [0.4, 0.5) is 13.2 Å². The summed E-state index contributed by atoms with van der Waals surface area (Å²) in [6.45, 7) is 1.89. The Morgan fingerprint density at radius 1 is 1.10 bits per heavy atom. The van der Waals surface area contributed by atoms with Crippen LogP contribution in [-0.4, -0.2) is 24.5 Å². The van der Waals surface area contributed by atoms with Crippen molar-refractivity contribution in [3.05, 3.63) is 35.4 Å². The van der Waals surface area contributed by atoms with Crippen molar-refractivity contribution >= 4 is 11.8 Å². The maximum Gasteiger partial charge on any atom is 0.471 e. The Morgan fingerprint density at radius 3 is 2.25 bits per heavy atom. The molecule has 0 aliphatic heterocycles. The molecule has 1 rings (SSSR count). The highest BCUT2D eigenvalue weighted by molar-refractivity contribution is 5.82. The highest BCUT2D eigenvalue weighted by Gasteiger charge is 2.38. The minimum atomic E-state index is -4.92. The van der Waals surface area contributed by atoms with Crippen LogP contribution in [0.5, 0.6) is 0 Å². The lowest BCUT2D eigenvalue weighted by atomic mass is 10.1. The normalized spacial score (nSPS) is 11.0. The fourth-order valence-corrected chi connectivity index (χ4v) is 1.38. The van der Waals surface area contributed by atoms with Gasteiger partial charge in [0.15, 0.2) is 0 Å². The Hall–Kier alpha value is -2.05. The molecule has 0 heterocycles. The molecule has 0 fully saturated rings. The van der Waals surface area contributed by atoms with Crippen LogP contribution < -0.4 is 10.6 Å². The quantitative estimate of drug-likeness (QED) is 0.866. The van der Waals surface area contributed by atoms with Gasteiger partial charge in [-0.2, -0.15) is 13.2 Å². The van der Waals surface area contributed by atoms with Crippen molar-refractivity contribution in [2.24, 2.45) is 0 Å². The maximum absolute atomic E-state index is 11.9. The van der Waals surface area contributed by atoms with E-state index in [4.69, 9.17) is 0 Å². The summed E-state index contributed by atoms with van der Waals surface area (Å²) in [5.74, 6) is -2.46. The fourth-order valence-electron chi connectivity index (χ4n) is 1.38. The van der Waals surface area contributed by atoms with Gasteiger partial charge in [0.05, 0.1) is 0 Å². The minimum Gasteiger partial charge on any atom is -0.352 e. The second-order valence-electron chi connectivity index (χ2n) is 4.27. The van der Waals surface area contributed by atoms with Gasteiger partial charge in [-0.05, 0) is 12.5 Å². The highest BCUT2D eigenvalue weighted by Crippen LogP contribution is 2.13. The molecule has 1 aromatic rings. The maximum atomic E-state index is 11.9. The first kappa shape index (κ1) is 16.0. The Labute approximate surface area is 114 Å². The summed E-state index contributed by atoms with van der Waals surface area (Å²) in [6, 6.07) is 7.48. The van der Waals surface area contributed by atoms with Crippen LogP contribution >= 0.6 is 0 Å². The van der Waals surface area contributed by atoms with E-state index in [1.807, 2.05) is 31.2 Å². The van der Waals surface area contributed by atoms with Crippen LogP contribution in [0.15, 0.2) is 24.3 Å². The molecule has 0 aliphatic rings. The molecule has 4 nitrogen and oxygen atoms in total. The molecular weight excluding hydrogens is 273 g/mol. The third kappa shape index (κ3) is 5.73. The first-order valence-corrected chi connectivity index (χ1v) is 5.96. The van der Waals surface area contributed by atoms with E-state index in [2.05, 4.69) is 5.32 Å². The van der Waals surface area contributed by atoms with Gasteiger partial charge in [0.2, 0.25) is 5.91 Å². The van der Waals surface area contributed by atoms with Crippen molar-refractivity contribution in [1.29, 1.82) is 0 Å². The third-order valence-electron chi connectivity index (χ3n) is 2.51. The van der Waals surface area contributed by atoms with Gasteiger partial charge in [0.1, 0.15) is 0 Å². The molecule has 7 heteroatoms. The molecule has 1 aromatic carbocycles. The van der Waals surface area contributed by atoms with Gasteiger partial charge in [-0.25, -0.2) is 0 Å². The van der Waals surface area contributed by atoms with E-state index in [9.17, 15) is 22.8 Å². The standard InChI is InChI=1S/C13H15F3N2O2/c1-9-2-4-10(5-3-9)8-18-11(19)6-7-17-12(20)13(14,15)16/h2-5H,6-8H2,1H3,(H,17,20)(H,18,19). The van der Waals surface area contributed by atoms with Crippen molar-refractivity contribution in [1.82, 2.24) is 10.6 Å².